The van der Waals surface area contributed by atoms with E-state index in [1.54, 1.807) is 0 Å². The first-order chi connectivity index (χ1) is 9.94. The number of aliphatic hydroxyl groups excluding tert-OH is 1. The molecule has 0 aromatic carbocycles. The minimum atomic E-state index is -0.0278. The molecule has 1 heteroatoms. The van der Waals surface area contributed by atoms with Crippen molar-refractivity contribution in [3.05, 3.63) is 0 Å². The predicted molar refractivity (Wildman–Crippen MR) is 86.9 cm³/mol. The molecular formula is C20H34O. The fraction of sp³-hybridized carbons (Fsp3) is 1.00. The van der Waals surface area contributed by atoms with Gasteiger partial charge in [0.15, 0.2) is 0 Å². The first-order valence-electron chi connectivity index (χ1n) is 9.62. The summed E-state index contributed by atoms with van der Waals surface area (Å²) in [6.45, 7) is 7.50. The SMILES string of the molecule is CC1CC2(C)C(CCC3C4CCCC4(C)CCC32)CC1O. The second kappa shape index (κ2) is 4.73. The monoisotopic (exact) mass is 290 g/mol. The third-order valence-corrected chi connectivity index (χ3v) is 8.79. The van der Waals surface area contributed by atoms with E-state index in [1.165, 1.54) is 51.4 Å². The Labute approximate surface area is 130 Å². The highest BCUT2D eigenvalue weighted by Gasteiger charge is 2.58. The van der Waals surface area contributed by atoms with Crippen LogP contribution in [0.4, 0.5) is 0 Å². The number of hydrogen-bond donors (Lipinski definition) is 1. The Morgan fingerprint density at radius 2 is 1.76 bits per heavy atom. The number of aliphatic hydroxyl groups is 1. The van der Waals surface area contributed by atoms with Gasteiger partial charge < -0.3 is 5.11 Å². The summed E-state index contributed by atoms with van der Waals surface area (Å²) < 4.78 is 0. The summed E-state index contributed by atoms with van der Waals surface area (Å²) in [6.07, 6.45) is 12.7. The van der Waals surface area contributed by atoms with Gasteiger partial charge in [0, 0.05) is 0 Å². The van der Waals surface area contributed by atoms with Gasteiger partial charge in [-0.05, 0) is 91.8 Å². The molecule has 0 heterocycles. The van der Waals surface area contributed by atoms with E-state index in [4.69, 9.17) is 0 Å². The molecule has 4 fully saturated rings. The molecule has 4 saturated carbocycles. The summed E-state index contributed by atoms with van der Waals surface area (Å²) in [5.41, 5.74) is 1.22. The summed E-state index contributed by atoms with van der Waals surface area (Å²) in [6, 6.07) is 0. The molecule has 8 unspecified atom stereocenters. The van der Waals surface area contributed by atoms with Gasteiger partial charge in [-0.15, -0.1) is 0 Å². The lowest BCUT2D eigenvalue weighted by molar-refractivity contribution is -0.135. The van der Waals surface area contributed by atoms with E-state index in [-0.39, 0.29) is 6.10 Å². The van der Waals surface area contributed by atoms with Crippen LogP contribution in [0.5, 0.6) is 0 Å². The van der Waals surface area contributed by atoms with Crippen molar-refractivity contribution in [2.45, 2.75) is 84.7 Å². The lowest BCUT2D eigenvalue weighted by Gasteiger charge is -2.61. The largest absolute Gasteiger partial charge is 0.393 e. The molecule has 4 aliphatic rings. The first-order valence-corrected chi connectivity index (χ1v) is 9.62. The van der Waals surface area contributed by atoms with Crippen LogP contribution in [0.2, 0.25) is 0 Å². The van der Waals surface area contributed by atoms with Crippen molar-refractivity contribution in [3.63, 3.8) is 0 Å². The van der Waals surface area contributed by atoms with Crippen molar-refractivity contribution in [1.29, 1.82) is 0 Å². The molecule has 0 saturated heterocycles. The molecular weight excluding hydrogens is 256 g/mol. The second-order valence-corrected chi connectivity index (χ2v) is 9.73. The van der Waals surface area contributed by atoms with Crippen molar-refractivity contribution in [1.82, 2.24) is 0 Å². The highest BCUT2D eigenvalue weighted by molar-refractivity contribution is 5.08. The Morgan fingerprint density at radius 3 is 2.57 bits per heavy atom. The summed E-state index contributed by atoms with van der Waals surface area (Å²) in [7, 11) is 0. The van der Waals surface area contributed by atoms with Gasteiger partial charge in [-0.25, -0.2) is 0 Å². The Hall–Kier alpha value is -0.0400. The zero-order valence-corrected chi connectivity index (χ0v) is 14.3. The summed E-state index contributed by atoms with van der Waals surface area (Å²) in [5, 5.41) is 10.3. The van der Waals surface area contributed by atoms with Crippen LogP contribution in [0.15, 0.2) is 0 Å². The average Bonchev–Trinajstić information content (AvgIpc) is 2.82. The van der Waals surface area contributed by atoms with Crippen LogP contribution >= 0.6 is 0 Å². The van der Waals surface area contributed by atoms with Crippen LogP contribution < -0.4 is 0 Å². The lowest BCUT2D eigenvalue weighted by atomic mass is 9.44. The van der Waals surface area contributed by atoms with Crippen LogP contribution in [0.1, 0.15) is 78.6 Å². The van der Waals surface area contributed by atoms with Crippen molar-refractivity contribution >= 4 is 0 Å². The van der Waals surface area contributed by atoms with Gasteiger partial charge in [0.05, 0.1) is 6.10 Å². The van der Waals surface area contributed by atoms with Crippen LogP contribution in [0.25, 0.3) is 0 Å². The van der Waals surface area contributed by atoms with E-state index in [9.17, 15) is 5.11 Å². The van der Waals surface area contributed by atoms with Gasteiger partial charge in [-0.2, -0.15) is 0 Å². The third-order valence-electron chi connectivity index (χ3n) is 8.79. The molecule has 21 heavy (non-hydrogen) atoms. The third kappa shape index (κ3) is 1.98. The molecule has 4 rings (SSSR count). The van der Waals surface area contributed by atoms with E-state index in [0.717, 1.165) is 30.1 Å². The Bertz CT molecular complexity index is 418. The summed E-state index contributed by atoms with van der Waals surface area (Å²) >= 11 is 0. The lowest BCUT2D eigenvalue weighted by Crippen LogP contribution is -2.54. The van der Waals surface area contributed by atoms with Gasteiger partial charge in [-0.1, -0.05) is 27.2 Å². The topological polar surface area (TPSA) is 20.2 Å². The molecule has 0 bridgehead atoms. The fourth-order valence-electron chi connectivity index (χ4n) is 7.59. The molecule has 1 N–H and O–H groups in total. The maximum absolute atomic E-state index is 10.3. The molecule has 0 spiro atoms. The highest BCUT2D eigenvalue weighted by atomic mass is 16.3. The van der Waals surface area contributed by atoms with E-state index in [1.807, 2.05) is 0 Å². The van der Waals surface area contributed by atoms with Crippen LogP contribution in [-0.4, -0.2) is 11.2 Å². The summed E-state index contributed by atoms with van der Waals surface area (Å²) in [5.74, 6) is 4.31. The number of rotatable bonds is 0. The summed E-state index contributed by atoms with van der Waals surface area (Å²) in [4.78, 5) is 0. The fourth-order valence-corrected chi connectivity index (χ4v) is 7.59. The van der Waals surface area contributed by atoms with Crippen molar-refractivity contribution in [2.75, 3.05) is 0 Å². The molecule has 4 aliphatic carbocycles. The first kappa shape index (κ1) is 14.5. The zero-order chi connectivity index (χ0) is 14.8. The standard InChI is InChI=1S/C20H34O/c1-13-12-20(3)14(11-18(13)21)6-7-15-16-5-4-9-19(16,2)10-8-17(15)20/h13-18,21H,4-12H2,1-3H3. The van der Waals surface area contributed by atoms with E-state index in [0.29, 0.717) is 16.7 Å². The molecule has 8 atom stereocenters. The van der Waals surface area contributed by atoms with Crippen molar-refractivity contribution in [3.8, 4) is 0 Å². The quantitative estimate of drug-likeness (QED) is 0.663. The van der Waals surface area contributed by atoms with Gasteiger partial charge in [0.25, 0.3) is 0 Å². The minimum Gasteiger partial charge on any atom is -0.393 e. The van der Waals surface area contributed by atoms with E-state index in [2.05, 4.69) is 20.8 Å². The molecule has 0 aromatic rings. The van der Waals surface area contributed by atoms with Crippen LogP contribution in [0, 0.1) is 40.4 Å². The maximum atomic E-state index is 10.3. The Morgan fingerprint density at radius 1 is 0.952 bits per heavy atom. The molecule has 1 nitrogen and oxygen atoms in total. The maximum Gasteiger partial charge on any atom is 0.0568 e. The van der Waals surface area contributed by atoms with Gasteiger partial charge in [-0.3, -0.25) is 0 Å². The predicted octanol–water partition coefficient (Wildman–Crippen LogP) is 5.03. The average molecular weight is 290 g/mol. The zero-order valence-electron chi connectivity index (χ0n) is 14.3. The smallest absolute Gasteiger partial charge is 0.0568 e. The van der Waals surface area contributed by atoms with E-state index >= 15 is 0 Å². The number of fused-ring (bicyclic) bond motifs is 5. The van der Waals surface area contributed by atoms with Gasteiger partial charge in [0.2, 0.25) is 0 Å². The Kier molecular flexibility index (Phi) is 3.27. The number of hydrogen-bond acceptors (Lipinski definition) is 1. The van der Waals surface area contributed by atoms with E-state index < -0.39 is 0 Å². The van der Waals surface area contributed by atoms with Crippen LogP contribution in [0.3, 0.4) is 0 Å². The molecule has 0 radical (unpaired) electrons. The van der Waals surface area contributed by atoms with Gasteiger partial charge in [0.1, 0.15) is 0 Å². The van der Waals surface area contributed by atoms with Crippen molar-refractivity contribution < 1.29 is 5.11 Å². The molecule has 120 valence electrons. The molecule has 0 aromatic heterocycles. The second-order valence-electron chi connectivity index (χ2n) is 9.73. The van der Waals surface area contributed by atoms with Crippen LogP contribution in [-0.2, 0) is 0 Å². The van der Waals surface area contributed by atoms with Gasteiger partial charge >= 0.3 is 0 Å². The normalized spacial score (nSPS) is 60.0. The molecule has 0 amide bonds. The minimum absolute atomic E-state index is 0.0278. The molecule has 0 aliphatic heterocycles. The highest BCUT2D eigenvalue weighted by Crippen LogP contribution is 2.66. The van der Waals surface area contributed by atoms with Crippen molar-refractivity contribution in [2.24, 2.45) is 40.4 Å². The Balaban J connectivity index is 1.63.